The molecule has 1 fully saturated rings. The molecule has 1 aromatic heterocycles. The molecular weight excluding hydrogens is 327 g/mol. The van der Waals surface area contributed by atoms with Crippen LogP contribution in [0.15, 0.2) is 16.7 Å². The fraction of sp³-hybridized carbons (Fsp3) is 0.400. The van der Waals surface area contributed by atoms with Crippen LogP contribution in [0.3, 0.4) is 0 Å². The number of hydrogen-bond donors (Lipinski definition) is 0. The summed E-state index contributed by atoms with van der Waals surface area (Å²) in [6.45, 7) is 1.64. The van der Waals surface area contributed by atoms with E-state index in [-0.39, 0.29) is 13.0 Å². The van der Waals surface area contributed by atoms with Gasteiger partial charge in [0.1, 0.15) is 15.7 Å². The van der Waals surface area contributed by atoms with Gasteiger partial charge in [-0.1, -0.05) is 6.07 Å². The van der Waals surface area contributed by atoms with Gasteiger partial charge in [0.25, 0.3) is 0 Å². The first-order valence-corrected chi connectivity index (χ1v) is 7.40. The predicted molar refractivity (Wildman–Crippen MR) is 67.5 cm³/mol. The Morgan fingerprint density at radius 2 is 2.17 bits per heavy atom. The molecule has 1 aliphatic heterocycles. The minimum Gasteiger partial charge on any atom is -0.295 e. The Kier molecular flexibility index (Phi) is 3.41. The van der Waals surface area contributed by atoms with E-state index < -0.39 is 21.4 Å². The summed E-state index contributed by atoms with van der Waals surface area (Å²) in [5.41, 5.74) is 0.889. The molecule has 2 rings (SSSR count). The average Bonchev–Trinajstić information content (AvgIpc) is 2.64. The average molecular weight is 337 g/mol. The van der Waals surface area contributed by atoms with Crippen LogP contribution in [0.4, 0.5) is 9.70 Å². The second kappa shape index (κ2) is 4.58. The van der Waals surface area contributed by atoms with E-state index in [1.54, 1.807) is 12.1 Å². The summed E-state index contributed by atoms with van der Waals surface area (Å²) in [5.74, 6) is -0.117. The van der Waals surface area contributed by atoms with E-state index in [2.05, 4.69) is 20.9 Å². The van der Waals surface area contributed by atoms with Crippen molar-refractivity contribution in [1.82, 2.24) is 4.98 Å². The van der Waals surface area contributed by atoms with Gasteiger partial charge in [0.05, 0.1) is 0 Å². The number of pyridine rings is 1. The number of halogens is 2. The molecule has 0 spiro atoms. The van der Waals surface area contributed by atoms with Gasteiger partial charge in [-0.3, -0.25) is 9.69 Å². The number of carbonyl (C=O) groups is 1. The minimum atomic E-state index is -4.70. The standard InChI is InChI=1S/C10H10BrFN2O3S/c1-6-2-3-8(13-10(6)11)14-5-7(4-9(14)15)18(12,16)17/h2-3,7H,4-5H2,1H3. The van der Waals surface area contributed by atoms with Gasteiger partial charge in [0, 0.05) is 13.0 Å². The van der Waals surface area contributed by atoms with E-state index in [0.717, 1.165) is 5.56 Å². The van der Waals surface area contributed by atoms with Crippen LogP contribution in [0.1, 0.15) is 12.0 Å². The van der Waals surface area contributed by atoms with Gasteiger partial charge >= 0.3 is 10.2 Å². The van der Waals surface area contributed by atoms with Crippen LogP contribution in [0, 0.1) is 6.92 Å². The molecule has 98 valence electrons. The first-order valence-electron chi connectivity index (χ1n) is 5.16. The van der Waals surface area contributed by atoms with Gasteiger partial charge in [-0.05, 0) is 34.5 Å². The third kappa shape index (κ3) is 2.54. The molecule has 5 nitrogen and oxygen atoms in total. The van der Waals surface area contributed by atoms with Gasteiger partial charge in [-0.15, -0.1) is 3.89 Å². The van der Waals surface area contributed by atoms with Gasteiger partial charge in [-0.25, -0.2) is 4.98 Å². The smallest absolute Gasteiger partial charge is 0.295 e. The summed E-state index contributed by atoms with van der Waals surface area (Å²) in [6, 6.07) is 3.35. The van der Waals surface area contributed by atoms with E-state index in [1.807, 2.05) is 6.92 Å². The number of nitrogens with zero attached hydrogens (tertiary/aromatic N) is 2. The van der Waals surface area contributed by atoms with Crippen molar-refractivity contribution < 1.29 is 17.1 Å². The molecule has 1 aliphatic rings. The van der Waals surface area contributed by atoms with Gasteiger partial charge < -0.3 is 0 Å². The van der Waals surface area contributed by atoms with Crippen molar-refractivity contribution in [3.05, 3.63) is 22.3 Å². The number of aryl methyl sites for hydroxylation is 1. The Labute approximate surface area is 112 Å². The SMILES string of the molecule is Cc1ccc(N2CC(S(=O)(=O)F)CC2=O)nc1Br. The number of aromatic nitrogens is 1. The molecule has 18 heavy (non-hydrogen) atoms. The first-order chi connectivity index (χ1) is 8.29. The number of amides is 1. The molecule has 1 saturated heterocycles. The molecule has 1 amide bonds. The van der Waals surface area contributed by atoms with Gasteiger partial charge in [0.2, 0.25) is 5.91 Å². The first kappa shape index (κ1) is 13.4. The van der Waals surface area contributed by atoms with Crippen LogP contribution in [0.2, 0.25) is 0 Å². The summed E-state index contributed by atoms with van der Waals surface area (Å²) in [5, 5.41) is -1.30. The lowest BCUT2D eigenvalue weighted by Gasteiger charge is -2.15. The lowest BCUT2D eigenvalue weighted by Crippen LogP contribution is -2.27. The zero-order valence-electron chi connectivity index (χ0n) is 9.43. The summed E-state index contributed by atoms with van der Waals surface area (Å²) in [7, 11) is -4.70. The van der Waals surface area contributed by atoms with E-state index in [4.69, 9.17) is 0 Å². The molecule has 8 heteroatoms. The molecular formula is C10H10BrFN2O3S. The number of hydrogen-bond acceptors (Lipinski definition) is 4. The maximum Gasteiger partial charge on any atom is 0.307 e. The molecule has 1 unspecified atom stereocenters. The van der Waals surface area contributed by atoms with Crippen LogP contribution >= 0.6 is 15.9 Å². The number of anilines is 1. The topological polar surface area (TPSA) is 67.3 Å². The largest absolute Gasteiger partial charge is 0.307 e. The van der Waals surface area contributed by atoms with Crippen molar-refractivity contribution in [3.8, 4) is 0 Å². The highest BCUT2D eigenvalue weighted by molar-refractivity contribution is 9.10. The quantitative estimate of drug-likeness (QED) is 0.607. The van der Waals surface area contributed by atoms with Crippen molar-refractivity contribution in [2.24, 2.45) is 0 Å². The Hall–Kier alpha value is -1.02. The highest BCUT2D eigenvalue weighted by Gasteiger charge is 2.39. The van der Waals surface area contributed by atoms with Crippen molar-refractivity contribution in [2.75, 3.05) is 11.4 Å². The van der Waals surface area contributed by atoms with Crippen molar-refractivity contribution in [3.63, 3.8) is 0 Å². The second-order valence-electron chi connectivity index (χ2n) is 4.08. The monoisotopic (exact) mass is 336 g/mol. The molecule has 0 radical (unpaired) electrons. The maximum absolute atomic E-state index is 12.9. The Morgan fingerprint density at radius 3 is 2.67 bits per heavy atom. The Bertz CT molecular complexity index is 605. The summed E-state index contributed by atoms with van der Waals surface area (Å²) in [6.07, 6.45) is -0.341. The molecule has 1 aromatic rings. The highest BCUT2D eigenvalue weighted by atomic mass is 79.9. The van der Waals surface area contributed by atoms with Crippen LogP contribution < -0.4 is 4.90 Å². The minimum absolute atomic E-state index is 0.194. The van der Waals surface area contributed by atoms with Crippen molar-refractivity contribution in [1.29, 1.82) is 0 Å². The van der Waals surface area contributed by atoms with E-state index in [1.165, 1.54) is 4.90 Å². The molecule has 0 N–H and O–H groups in total. The van der Waals surface area contributed by atoms with Crippen LogP contribution in [-0.2, 0) is 15.0 Å². The third-order valence-electron chi connectivity index (χ3n) is 2.78. The summed E-state index contributed by atoms with van der Waals surface area (Å²) in [4.78, 5) is 17.0. The van der Waals surface area contributed by atoms with Crippen LogP contribution in [0.25, 0.3) is 0 Å². The molecule has 1 atom stereocenters. The molecule has 2 heterocycles. The Balaban J connectivity index is 2.30. The summed E-state index contributed by atoms with van der Waals surface area (Å²) < 4.78 is 35.0. The van der Waals surface area contributed by atoms with Crippen molar-refractivity contribution >= 4 is 37.9 Å². The van der Waals surface area contributed by atoms with Crippen molar-refractivity contribution in [2.45, 2.75) is 18.6 Å². The lowest BCUT2D eigenvalue weighted by molar-refractivity contribution is -0.117. The summed E-state index contributed by atoms with van der Waals surface area (Å²) >= 11 is 3.23. The van der Waals surface area contributed by atoms with Gasteiger partial charge in [0.15, 0.2) is 0 Å². The normalized spacial score (nSPS) is 20.5. The third-order valence-corrected chi connectivity index (χ3v) is 4.70. The highest BCUT2D eigenvalue weighted by Crippen LogP contribution is 2.26. The molecule has 0 saturated carbocycles. The molecule has 0 aliphatic carbocycles. The van der Waals surface area contributed by atoms with Crippen LogP contribution in [-0.4, -0.2) is 31.1 Å². The van der Waals surface area contributed by atoms with E-state index in [9.17, 15) is 17.1 Å². The Morgan fingerprint density at radius 1 is 1.50 bits per heavy atom. The predicted octanol–water partition coefficient (Wildman–Crippen LogP) is 1.56. The molecule has 0 bridgehead atoms. The van der Waals surface area contributed by atoms with E-state index in [0.29, 0.717) is 10.4 Å². The van der Waals surface area contributed by atoms with Gasteiger partial charge in [-0.2, -0.15) is 8.42 Å². The molecule has 0 aromatic carbocycles. The lowest BCUT2D eigenvalue weighted by atomic mass is 10.3. The fourth-order valence-electron chi connectivity index (χ4n) is 1.73. The number of carbonyl (C=O) groups excluding carboxylic acids is 1. The fourth-order valence-corrected chi connectivity index (χ4v) is 2.71. The number of rotatable bonds is 2. The zero-order chi connectivity index (χ0) is 13.5. The maximum atomic E-state index is 12.9. The van der Waals surface area contributed by atoms with Crippen LogP contribution in [0.5, 0.6) is 0 Å². The zero-order valence-corrected chi connectivity index (χ0v) is 11.8. The van der Waals surface area contributed by atoms with E-state index >= 15 is 0 Å². The second-order valence-corrected chi connectivity index (χ2v) is 6.45.